The molecule has 2 saturated heterocycles. The van der Waals surface area contributed by atoms with Gasteiger partial charge in [-0.1, -0.05) is 6.92 Å². The van der Waals surface area contributed by atoms with Crippen LogP contribution in [0.25, 0.3) is 0 Å². The molecule has 0 N–H and O–H groups in total. The number of methoxy groups -OCH3 is 1. The second-order valence-electron chi connectivity index (χ2n) is 8.53. The van der Waals surface area contributed by atoms with Gasteiger partial charge in [-0.05, 0) is 38.1 Å². The van der Waals surface area contributed by atoms with E-state index in [1.165, 1.54) is 19.3 Å². The number of carbonyl (C=O) groups is 2. The molecule has 0 aromatic heterocycles. The van der Waals surface area contributed by atoms with Crippen molar-refractivity contribution >= 4 is 11.7 Å². The summed E-state index contributed by atoms with van der Waals surface area (Å²) in [6.07, 6.45) is 3.42. The molecule has 0 saturated carbocycles. The van der Waals surface area contributed by atoms with Gasteiger partial charge in [-0.25, -0.2) is 0 Å². The minimum Gasteiger partial charge on any atom is -0.496 e. The Labute approximate surface area is 197 Å². The number of hydrogen-bond donors (Lipinski definition) is 0. The number of benzene rings is 1. The number of aryl methyl sites for hydroxylation is 1. The van der Waals surface area contributed by atoms with E-state index in [0.717, 1.165) is 44.7 Å². The molecule has 0 spiro atoms. The highest BCUT2D eigenvalue weighted by atomic mass is 16.5. The number of likely N-dealkylation sites (N-methyl/N-ethyl adjacent to an activating group) is 1. The molecule has 1 aromatic rings. The van der Waals surface area contributed by atoms with E-state index in [9.17, 15) is 9.59 Å². The lowest BCUT2D eigenvalue weighted by molar-refractivity contribution is -0.134. The Balaban J connectivity index is 1.62. The SMILES string of the molecule is CCOc1cc(OC)c(C(=O)C=CC(=O)N2CCOC(CN3CCN(C)CC3)C2)cc1CC. The molecule has 2 aliphatic heterocycles. The van der Waals surface area contributed by atoms with Crippen LogP contribution in [0.5, 0.6) is 11.5 Å². The predicted octanol–water partition coefficient (Wildman–Crippen LogP) is 1.87. The summed E-state index contributed by atoms with van der Waals surface area (Å²) < 4.78 is 17.0. The molecular formula is C25H37N3O5. The lowest BCUT2D eigenvalue weighted by Gasteiger charge is -2.38. The first-order chi connectivity index (χ1) is 15.9. The number of ether oxygens (including phenoxy) is 3. The molecule has 2 heterocycles. The van der Waals surface area contributed by atoms with Gasteiger partial charge in [-0.2, -0.15) is 0 Å². The predicted molar refractivity (Wildman–Crippen MR) is 127 cm³/mol. The smallest absolute Gasteiger partial charge is 0.246 e. The minimum absolute atomic E-state index is 0.00600. The van der Waals surface area contributed by atoms with Crippen LogP contribution in [0.3, 0.4) is 0 Å². The Morgan fingerprint density at radius 2 is 1.85 bits per heavy atom. The highest BCUT2D eigenvalue weighted by Gasteiger charge is 2.26. The van der Waals surface area contributed by atoms with Crippen LogP contribution in [-0.2, 0) is 16.0 Å². The zero-order valence-electron chi connectivity index (χ0n) is 20.3. The number of carbonyl (C=O) groups excluding carboxylic acids is 2. The van der Waals surface area contributed by atoms with Crippen molar-refractivity contribution in [2.75, 3.05) is 73.2 Å². The molecule has 0 bridgehead atoms. The number of ketones is 1. The van der Waals surface area contributed by atoms with Crippen LogP contribution < -0.4 is 9.47 Å². The van der Waals surface area contributed by atoms with Crippen molar-refractivity contribution in [3.63, 3.8) is 0 Å². The van der Waals surface area contributed by atoms with Crippen LogP contribution in [0.2, 0.25) is 0 Å². The maximum Gasteiger partial charge on any atom is 0.246 e. The summed E-state index contributed by atoms with van der Waals surface area (Å²) in [6.45, 7) is 11.0. The summed E-state index contributed by atoms with van der Waals surface area (Å²) in [5.41, 5.74) is 1.36. The Bertz CT molecular complexity index is 849. The summed E-state index contributed by atoms with van der Waals surface area (Å²) in [5.74, 6) is 0.723. The highest BCUT2D eigenvalue weighted by Crippen LogP contribution is 2.30. The maximum absolute atomic E-state index is 12.9. The maximum atomic E-state index is 12.9. The van der Waals surface area contributed by atoms with Gasteiger partial charge < -0.3 is 24.0 Å². The van der Waals surface area contributed by atoms with Gasteiger partial charge in [0.05, 0.1) is 32.0 Å². The molecule has 1 atom stereocenters. The Hall–Kier alpha value is -2.42. The molecule has 33 heavy (non-hydrogen) atoms. The number of nitrogens with zero attached hydrogens (tertiary/aromatic N) is 3. The second kappa shape index (κ2) is 12.2. The van der Waals surface area contributed by atoms with Gasteiger partial charge in [-0.3, -0.25) is 14.5 Å². The van der Waals surface area contributed by atoms with E-state index in [2.05, 4.69) is 16.8 Å². The average Bonchev–Trinajstić information content (AvgIpc) is 2.83. The normalized spacial score (nSPS) is 20.2. The third-order valence-corrected chi connectivity index (χ3v) is 6.21. The average molecular weight is 460 g/mol. The summed E-state index contributed by atoms with van der Waals surface area (Å²) in [4.78, 5) is 32.2. The van der Waals surface area contributed by atoms with Crippen molar-refractivity contribution in [3.8, 4) is 11.5 Å². The quantitative estimate of drug-likeness (QED) is 0.412. The van der Waals surface area contributed by atoms with Crippen molar-refractivity contribution in [2.24, 2.45) is 0 Å². The standard InChI is InChI=1S/C25H37N3O5/c1-5-19-15-21(24(31-4)16-23(19)32-6-2)22(29)7-8-25(30)28-13-14-33-20(18-28)17-27-11-9-26(3)10-12-27/h7-8,15-16,20H,5-6,9-14,17-18H2,1-4H3. The van der Waals surface area contributed by atoms with E-state index >= 15 is 0 Å². The zero-order valence-corrected chi connectivity index (χ0v) is 20.3. The first-order valence-electron chi connectivity index (χ1n) is 11.8. The fourth-order valence-electron chi connectivity index (χ4n) is 4.22. The van der Waals surface area contributed by atoms with Crippen LogP contribution in [0.4, 0.5) is 0 Å². The van der Waals surface area contributed by atoms with Gasteiger partial charge in [0.15, 0.2) is 5.78 Å². The van der Waals surface area contributed by atoms with E-state index in [1.54, 1.807) is 17.0 Å². The van der Waals surface area contributed by atoms with Crippen molar-refractivity contribution in [1.29, 1.82) is 0 Å². The minimum atomic E-state index is -0.264. The largest absolute Gasteiger partial charge is 0.496 e. The molecule has 0 radical (unpaired) electrons. The van der Waals surface area contributed by atoms with E-state index in [0.29, 0.717) is 43.4 Å². The van der Waals surface area contributed by atoms with E-state index in [1.807, 2.05) is 13.8 Å². The molecule has 0 aliphatic carbocycles. The molecule has 8 heteroatoms. The van der Waals surface area contributed by atoms with Gasteiger partial charge in [0.25, 0.3) is 0 Å². The summed E-state index contributed by atoms with van der Waals surface area (Å²) >= 11 is 0. The molecule has 1 aromatic carbocycles. The molecule has 8 nitrogen and oxygen atoms in total. The summed E-state index contributed by atoms with van der Waals surface area (Å²) in [6, 6.07) is 3.54. The molecule has 3 rings (SSSR count). The van der Waals surface area contributed by atoms with Gasteiger partial charge in [0, 0.05) is 58.0 Å². The van der Waals surface area contributed by atoms with Crippen molar-refractivity contribution in [2.45, 2.75) is 26.4 Å². The second-order valence-corrected chi connectivity index (χ2v) is 8.53. The monoisotopic (exact) mass is 459 g/mol. The number of hydrogen-bond acceptors (Lipinski definition) is 7. The number of morpholine rings is 1. The number of rotatable bonds is 9. The van der Waals surface area contributed by atoms with Crippen LogP contribution in [0.15, 0.2) is 24.3 Å². The highest BCUT2D eigenvalue weighted by molar-refractivity contribution is 6.09. The molecular weight excluding hydrogens is 422 g/mol. The zero-order chi connectivity index (χ0) is 23.8. The Morgan fingerprint density at radius 3 is 2.52 bits per heavy atom. The van der Waals surface area contributed by atoms with Gasteiger partial charge in [0.1, 0.15) is 11.5 Å². The van der Waals surface area contributed by atoms with Crippen LogP contribution in [0.1, 0.15) is 29.8 Å². The third kappa shape index (κ3) is 6.79. The number of piperazine rings is 1. The molecule has 2 fully saturated rings. The van der Waals surface area contributed by atoms with Crippen molar-refractivity contribution < 1.29 is 23.8 Å². The first kappa shape index (κ1) is 25.2. The fourth-order valence-corrected chi connectivity index (χ4v) is 4.22. The van der Waals surface area contributed by atoms with E-state index in [4.69, 9.17) is 14.2 Å². The third-order valence-electron chi connectivity index (χ3n) is 6.21. The van der Waals surface area contributed by atoms with Crippen molar-refractivity contribution in [1.82, 2.24) is 14.7 Å². The lowest BCUT2D eigenvalue weighted by atomic mass is 10.0. The molecule has 2 aliphatic rings. The Kier molecular flexibility index (Phi) is 9.29. The van der Waals surface area contributed by atoms with Crippen LogP contribution in [0, 0.1) is 0 Å². The van der Waals surface area contributed by atoms with Gasteiger partial charge in [0.2, 0.25) is 5.91 Å². The molecule has 182 valence electrons. The fraction of sp³-hybridized carbons (Fsp3) is 0.600. The topological polar surface area (TPSA) is 71.5 Å². The molecule has 1 amide bonds. The van der Waals surface area contributed by atoms with E-state index in [-0.39, 0.29) is 17.8 Å². The number of amides is 1. The first-order valence-corrected chi connectivity index (χ1v) is 11.8. The van der Waals surface area contributed by atoms with E-state index < -0.39 is 0 Å². The van der Waals surface area contributed by atoms with Crippen LogP contribution >= 0.6 is 0 Å². The number of allylic oxidation sites excluding steroid dienone is 1. The molecule has 1 unspecified atom stereocenters. The van der Waals surface area contributed by atoms with Gasteiger partial charge in [-0.15, -0.1) is 0 Å². The lowest BCUT2D eigenvalue weighted by Crippen LogP contribution is -2.52. The van der Waals surface area contributed by atoms with Gasteiger partial charge >= 0.3 is 0 Å². The van der Waals surface area contributed by atoms with Crippen molar-refractivity contribution in [3.05, 3.63) is 35.4 Å². The Morgan fingerprint density at radius 1 is 1.09 bits per heavy atom. The summed E-state index contributed by atoms with van der Waals surface area (Å²) in [7, 11) is 3.66. The van der Waals surface area contributed by atoms with Crippen LogP contribution in [-0.4, -0.2) is 106 Å². The summed E-state index contributed by atoms with van der Waals surface area (Å²) in [5, 5.41) is 0.